The molecule has 2 N–H and O–H groups in total. The number of hydrogen-bond acceptors (Lipinski definition) is 3. The molecular formula is C18H31NOS. The molecule has 1 aromatic carbocycles. The second-order valence-corrected chi connectivity index (χ2v) is 7.46. The highest BCUT2D eigenvalue weighted by molar-refractivity contribution is 7.99. The van der Waals surface area contributed by atoms with Gasteiger partial charge in [0.2, 0.25) is 0 Å². The summed E-state index contributed by atoms with van der Waals surface area (Å²) in [4.78, 5) is 1.35. The molecule has 0 bridgehead atoms. The third kappa shape index (κ3) is 6.01. The lowest BCUT2D eigenvalue weighted by Gasteiger charge is -2.34. The van der Waals surface area contributed by atoms with E-state index in [1.165, 1.54) is 16.0 Å². The lowest BCUT2D eigenvalue weighted by molar-refractivity contribution is 0.137. The Kier molecular flexibility index (Phi) is 7.78. The second-order valence-electron chi connectivity index (χ2n) is 6.29. The number of aliphatic hydroxyl groups excluding tert-OH is 1. The van der Waals surface area contributed by atoms with Crippen molar-refractivity contribution in [2.75, 3.05) is 12.4 Å². The van der Waals surface area contributed by atoms with E-state index in [9.17, 15) is 5.11 Å². The fraction of sp³-hybridized carbons (Fsp3) is 0.667. The highest BCUT2D eigenvalue weighted by Gasteiger charge is 2.26. The van der Waals surface area contributed by atoms with Gasteiger partial charge in [-0.2, -0.15) is 0 Å². The predicted octanol–water partition coefficient (Wildman–Crippen LogP) is 4.31. The number of aliphatic hydroxyl groups is 1. The summed E-state index contributed by atoms with van der Waals surface area (Å²) in [5.74, 6) is 1.10. The Morgan fingerprint density at radius 2 is 1.95 bits per heavy atom. The molecule has 120 valence electrons. The van der Waals surface area contributed by atoms with Gasteiger partial charge in [-0.1, -0.05) is 26.8 Å². The van der Waals surface area contributed by atoms with Crippen LogP contribution in [-0.4, -0.2) is 29.0 Å². The Bertz CT molecular complexity index is 427. The Morgan fingerprint density at radius 1 is 1.24 bits per heavy atom. The van der Waals surface area contributed by atoms with Crippen molar-refractivity contribution in [1.82, 2.24) is 5.32 Å². The Morgan fingerprint density at radius 3 is 2.48 bits per heavy atom. The molecule has 0 saturated carbocycles. The monoisotopic (exact) mass is 309 g/mol. The average Bonchev–Trinajstić information content (AvgIpc) is 2.45. The molecule has 0 radical (unpaired) electrons. The molecule has 0 heterocycles. The molecule has 0 fully saturated rings. The topological polar surface area (TPSA) is 32.3 Å². The maximum atomic E-state index is 9.74. The summed E-state index contributed by atoms with van der Waals surface area (Å²) in [6.45, 7) is 11.0. The van der Waals surface area contributed by atoms with Gasteiger partial charge in [0.25, 0.3) is 0 Å². The number of nitrogens with one attached hydrogen (secondary N) is 1. The predicted molar refractivity (Wildman–Crippen MR) is 94.3 cm³/mol. The van der Waals surface area contributed by atoms with Crippen molar-refractivity contribution >= 4 is 11.8 Å². The first-order valence-corrected chi connectivity index (χ1v) is 8.99. The van der Waals surface area contributed by atoms with E-state index in [1.54, 1.807) is 0 Å². The van der Waals surface area contributed by atoms with E-state index in [1.807, 2.05) is 11.8 Å². The molecule has 3 heteroatoms. The average molecular weight is 310 g/mol. The first-order chi connectivity index (χ1) is 9.92. The third-order valence-corrected chi connectivity index (χ3v) is 5.20. The van der Waals surface area contributed by atoms with Crippen molar-refractivity contribution in [3.63, 3.8) is 0 Å². The van der Waals surface area contributed by atoms with Gasteiger partial charge in [-0.3, -0.25) is 0 Å². The molecule has 1 atom stereocenters. The van der Waals surface area contributed by atoms with Gasteiger partial charge in [-0.15, -0.1) is 11.8 Å². The van der Waals surface area contributed by atoms with Gasteiger partial charge in [-0.25, -0.2) is 0 Å². The summed E-state index contributed by atoms with van der Waals surface area (Å²) in [7, 11) is 0. The zero-order valence-electron chi connectivity index (χ0n) is 14.2. The summed E-state index contributed by atoms with van der Waals surface area (Å²) in [5, 5.41) is 13.3. The van der Waals surface area contributed by atoms with E-state index in [4.69, 9.17) is 0 Å². The van der Waals surface area contributed by atoms with E-state index >= 15 is 0 Å². The van der Waals surface area contributed by atoms with Crippen molar-refractivity contribution in [3.05, 3.63) is 29.3 Å². The maximum absolute atomic E-state index is 9.74. The number of hydrogen-bond donors (Lipinski definition) is 2. The molecule has 2 nitrogen and oxygen atoms in total. The second kappa shape index (κ2) is 8.82. The van der Waals surface area contributed by atoms with E-state index in [2.05, 4.69) is 58.1 Å². The van der Waals surface area contributed by atoms with Crippen LogP contribution in [0.3, 0.4) is 0 Å². The van der Waals surface area contributed by atoms with Gasteiger partial charge in [0.1, 0.15) is 0 Å². The minimum absolute atomic E-state index is 0.113. The van der Waals surface area contributed by atoms with Gasteiger partial charge < -0.3 is 10.4 Å². The van der Waals surface area contributed by atoms with Crippen LogP contribution in [0.5, 0.6) is 0 Å². The van der Waals surface area contributed by atoms with Crippen LogP contribution in [0.1, 0.15) is 51.2 Å². The first-order valence-electron chi connectivity index (χ1n) is 8.01. The van der Waals surface area contributed by atoms with Gasteiger partial charge in [0, 0.05) is 16.5 Å². The van der Waals surface area contributed by atoms with Crippen molar-refractivity contribution in [3.8, 4) is 0 Å². The van der Waals surface area contributed by atoms with Crippen LogP contribution in [0.4, 0.5) is 0 Å². The molecule has 1 aromatic rings. The molecule has 0 aliphatic rings. The van der Waals surface area contributed by atoms with Gasteiger partial charge >= 0.3 is 0 Å². The molecule has 0 saturated heterocycles. The molecule has 1 rings (SSSR count). The number of rotatable bonds is 9. The largest absolute Gasteiger partial charge is 0.394 e. The van der Waals surface area contributed by atoms with Crippen LogP contribution in [0.2, 0.25) is 0 Å². The smallest absolute Gasteiger partial charge is 0.0613 e. The van der Waals surface area contributed by atoms with Gasteiger partial charge in [-0.05, 0) is 62.1 Å². The third-order valence-electron chi connectivity index (χ3n) is 4.12. The zero-order chi connectivity index (χ0) is 15.9. The summed E-state index contributed by atoms with van der Waals surface area (Å²) < 4.78 is 0. The highest BCUT2D eigenvalue weighted by Crippen LogP contribution is 2.25. The van der Waals surface area contributed by atoms with Crippen LogP contribution in [0, 0.1) is 13.8 Å². The van der Waals surface area contributed by atoms with Crippen molar-refractivity contribution in [2.45, 2.75) is 70.4 Å². The SMILES string of the molecule is CCC(CO)(CCCSc1ccc(C)c(C)c1)NC(C)C. The molecular weight excluding hydrogens is 278 g/mol. The van der Waals surface area contributed by atoms with Crippen LogP contribution < -0.4 is 5.32 Å². The molecule has 0 aliphatic carbocycles. The van der Waals surface area contributed by atoms with Crippen molar-refractivity contribution in [1.29, 1.82) is 0 Å². The van der Waals surface area contributed by atoms with Gasteiger partial charge in [0.05, 0.1) is 6.61 Å². The highest BCUT2D eigenvalue weighted by atomic mass is 32.2. The fourth-order valence-electron chi connectivity index (χ4n) is 2.60. The quantitative estimate of drug-likeness (QED) is 0.526. The van der Waals surface area contributed by atoms with E-state index in [-0.39, 0.29) is 12.1 Å². The maximum Gasteiger partial charge on any atom is 0.0613 e. The normalized spacial score (nSPS) is 14.4. The van der Waals surface area contributed by atoms with E-state index in [0.29, 0.717) is 6.04 Å². The van der Waals surface area contributed by atoms with Gasteiger partial charge in [0.15, 0.2) is 0 Å². The summed E-state index contributed by atoms with van der Waals surface area (Å²) in [6, 6.07) is 7.08. The number of benzene rings is 1. The molecule has 0 amide bonds. The zero-order valence-corrected chi connectivity index (χ0v) is 15.0. The Balaban J connectivity index is 2.45. The fourth-order valence-corrected chi connectivity index (χ4v) is 3.55. The molecule has 0 aliphatic heterocycles. The summed E-state index contributed by atoms with van der Waals surface area (Å²) >= 11 is 1.91. The van der Waals surface area contributed by atoms with Crippen LogP contribution >= 0.6 is 11.8 Å². The lowest BCUT2D eigenvalue weighted by atomic mass is 9.91. The molecule has 0 spiro atoms. The molecule has 21 heavy (non-hydrogen) atoms. The molecule has 0 aromatic heterocycles. The summed E-state index contributed by atoms with van der Waals surface area (Å²) in [5.41, 5.74) is 2.60. The molecule has 1 unspecified atom stereocenters. The lowest BCUT2D eigenvalue weighted by Crippen LogP contribution is -2.51. The summed E-state index contributed by atoms with van der Waals surface area (Å²) in [6.07, 6.45) is 3.11. The minimum atomic E-state index is -0.113. The Hall–Kier alpha value is -0.510. The van der Waals surface area contributed by atoms with Crippen molar-refractivity contribution < 1.29 is 5.11 Å². The van der Waals surface area contributed by atoms with Crippen LogP contribution in [-0.2, 0) is 0 Å². The van der Waals surface area contributed by atoms with Crippen molar-refractivity contribution in [2.24, 2.45) is 0 Å². The van der Waals surface area contributed by atoms with E-state index < -0.39 is 0 Å². The standard InChI is InChI=1S/C18H31NOS/c1-6-18(13-20,19-14(2)3)10-7-11-21-17-9-8-15(4)16(5)12-17/h8-9,12,14,19-20H,6-7,10-11,13H2,1-5H3. The van der Waals surface area contributed by atoms with E-state index in [0.717, 1.165) is 25.0 Å². The van der Waals surface area contributed by atoms with Crippen LogP contribution in [0.25, 0.3) is 0 Å². The number of thioether (sulfide) groups is 1. The number of aryl methyl sites for hydroxylation is 2. The Labute approximate surface area is 134 Å². The minimum Gasteiger partial charge on any atom is -0.394 e. The van der Waals surface area contributed by atoms with Crippen LogP contribution in [0.15, 0.2) is 23.1 Å². The first kappa shape index (κ1) is 18.5.